The van der Waals surface area contributed by atoms with Crippen LogP contribution in [0.5, 0.6) is 0 Å². The van der Waals surface area contributed by atoms with Gasteiger partial charge in [0.05, 0.1) is 23.1 Å². The minimum atomic E-state index is 0.682. The highest BCUT2D eigenvalue weighted by Crippen LogP contribution is 2.27. The standard InChI is InChI=1S/C15H19N3O/c16-13-9-18-14-4-2-1-3-12(14)15(13)17-7-5-11-6-8-19-10-11/h1-4,9,11H,5-8,10,16H2,(H,17,18). The Morgan fingerprint density at radius 1 is 1.37 bits per heavy atom. The minimum Gasteiger partial charge on any atom is -0.396 e. The molecule has 0 amide bonds. The van der Waals surface area contributed by atoms with Gasteiger partial charge in [0.15, 0.2) is 0 Å². The number of nitrogens with one attached hydrogen (secondary N) is 1. The Balaban J connectivity index is 1.74. The Morgan fingerprint density at radius 3 is 3.11 bits per heavy atom. The number of anilines is 2. The predicted molar refractivity (Wildman–Crippen MR) is 78.2 cm³/mol. The number of hydrogen-bond donors (Lipinski definition) is 2. The predicted octanol–water partition coefficient (Wildman–Crippen LogP) is 2.66. The van der Waals surface area contributed by atoms with Crippen LogP contribution in [0.4, 0.5) is 11.4 Å². The van der Waals surface area contributed by atoms with Gasteiger partial charge in [-0.15, -0.1) is 0 Å². The van der Waals surface area contributed by atoms with E-state index >= 15 is 0 Å². The van der Waals surface area contributed by atoms with Crippen LogP contribution in [0.1, 0.15) is 12.8 Å². The van der Waals surface area contributed by atoms with Crippen molar-refractivity contribution in [3.63, 3.8) is 0 Å². The number of pyridine rings is 1. The van der Waals surface area contributed by atoms with Gasteiger partial charge in [0.25, 0.3) is 0 Å². The smallest absolute Gasteiger partial charge is 0.0743 e. The maximum Gasteiger partial charge on any atom is 0.0743 e. The first kappa shape index (κ1) is 12.2. The van der Waals surface area contributed by atoms with Crippen LogP contribution < -0.4 is 11.1 Å². The van der Waals surface area contributed by atoms with Crippen LogP contribution in [-0.2, 0) is 4.74 Å². The second-order valence-corrected chi connectivity index (χ2v) is 5.05. The number of nitrogen functional groups attached to an aromatic ring is 1. The molecule has 100 valence electrons. The van der Waals surface area contributed by atoms with Crippen LogP contribution >= 0.6 is 0 Å². The summed E-state index contributed by atoms with van der Waals surface area (Å²) in [6, 6.07) is 8.06. The maximum absolute atomic E-state index is 6.03. The molecule has 0 saturated carbocycles. The van der Waals surface area contributed by atoms with Gasteiger partial charge in [-0.1, -0.05) is 18.2 Å². The highest BCUT2D eigenvalue weighted by Gasteiger charge is 2.15. The summed E-state index contributed by atoms with van der Waals surface area (Å²) in [7, 11) is 0. The summed E-state index contributed by atoms with van der Waals surface area (Å²) in [4.78, 5) is 4.34. The number of fused-ring (bicyclic) bond motifs is 1. The normalized spacial score (nSPS) is 18.8. The molecular formula is C15H19N3O. The molecule has 1 aromatic heterocycles. The third kappa shape index (κ3) is 2.63. The van der Waals surface area contributed by atoms with E-state index in [1.165, 1.54) is 6.42 Å². The number of ether oxygens (including phenoxy) is 1. The lowest BCUT2D eigenvalue weighted by Gasteiger charge is -2.13. The van der Waals surface area contributed by atoms with Gasteiger partial charge in [0.2, 0.25) is 0 Å². The Morgan fingerprint density at radius 2 is 2.26 bits per heavy atom. The highest BCUT2D eigenvalue weighted by molar-refractivity contribution is 5.96. The van der Waals surface area contributed by atoms with Gasteiger partial charge in [-0.2, -0.15) is 0 Å². The molecule has 0 spiro atoms. The van der Waals surface area contributed by atoms with Gasteiger partial charge in [0.1, 0.15) is 0 Å². The number of nitrogens with zero attached hydrogens (tertiary/aromatic N) is 1. The molecule has 2 heterocycles. The molecule has 1 fully saturated rings. The second-order valence-electron chi connectivity index (χ2n) is 5.05. The zero-order chi connectivity index (χ0) is 13.1. The highest BCUT2D eigenvalue weighted by atomic mass is 16.5. The molecule has 0 bridgehead atoms. The number of hydrogen-bond acceptors (Lipinski definition) is 4. The second kappa shape index (κ2) is 5.45. The monoisotopic (exact) mass is 257 g/mol. The van der Waals surface area contributed by atoms with Crippen LogP contribution in [0.25, 0.3) is 10.9 Å². The molecule has 1 saturated heterocycles. The number of para-hydroxylation sites is 1. The number of rotatable bonds is 4. The van der Waals surface area contributed by atoms with Crippen molar-refractivity contribution in [3.05, 3.63) is 30.5 Å². The molecule has 0 aliphatic carbocycles. The summed E-state index contributed by atoms with van der Waals surface area (Å²) in [6.45, 7) is 2.73. The molecule has 1 aromatic carbocycles. The summed E-state index contributed by atoms with van der Waals surface area (Å²) in [5.41, 5.74) is 8.72. The molecule has 1 aliphatic heterocycles. The van der Waals surface area contributed by atoms with Crippen LogP contribution in [0.2, 0.25) is 0 Å². The quantitative estimate of drug-likeness (QED) is 0.884. The lowest BCUT2D eigenvalue weighted by Crippen LogP contribution is -2.10. The van der Waals surface area contributed by atoms with Crippen molar-refractivity contribution in [2.24, 2.45) is 5.92 Å². The lowest BCUT2D eigenvalue weighted by atomic mass is 10.1. The largest absolute Gasteiger partial charge is 0.396 e. The van der Waals surface area contributed by atoms with Crippen molar-refractivity contribution < 1.29 is 4.74 Å². The van der Waals surface area contributed by atoms with Gasteiger partial charge in [-0.3, -0.25) is 4.98 Å². The maximum atomic E-state index is 6.03. The third-order valence-corrected chi connectivity index (χ3v) is 3.68. The molecule has 1 atom stereocenters. The first-order valence-corrected chi connectivity index (χ1v) is 6.79. The Bertz CT molecular complexity index is 564. The summed E-state index contributed by atoms with van der Waals surface area (Å²) in [5, 5.41) is 4.55. The van der Waals surface area contributed by atoms with E-state index in [2.05, 4.69) is 16.4 Å². The molecule has 3 N–H and O–H groups in total. The first-order chi connectivity index (χ1) is 9.34. The molecule has 19 heavy (non-hydrogen) atoms. The zero-order valence-electron chi connectivity index (χ0n) is 10.9. The fraction of sp³-hybridized carbons (Fsp3) is 0.400. The average molecular weight is 257 g/mol. The summed E-state index contributed by atoms with van der Waals surface area (Å²) >= 11 is 0. The number of aromatic nitrogens is 1. The fourth-order valence-corrected chi connectivity index (χ4v) is 2.57. The molecule has 0 radical (unpaired) electrons. The Hall–Kier alpha value is -1.81. The summed E-state index contributed by atoms with van der Waals surface area (Å²) < 4.78 is 5.39. The van der Waals surface area contributed by atoms with E-state index in [9.17, 15) is 0 Å². The molecular weight excluding hydrogens is 238 g/mol. The molecule has 4 nitrogen and oxygen atoms in total. The molecule has 1 unspecified atom stereocenters. The van der Waals surface area contributed by atoms with Crippen LogP contribution in [-0.4, -0.2) is 24.7 Å². The lowest BCUT2D eigenvalue weighted by molar-refractivity contribution is 0.185. The van der Waals surface area contributed by atoms with Crippen molar-refractivity contribution in [2.75, 3.05) is 30.8 Å². The van der Waals surface area contributed by atoms with E-state index < -0.39 is 0 Å². The molecule has 1 aliphatic rings. The van der Waals surface area contributed by atoms with Gasteiger partial charge in [0, 0.05) is 25.1 Å². The van der Waals surface area contributed by atoms with Crippen molar-refractivity contribution in [1.29, 1.82) is 0 Å². The summed E-state index contributed by atoms with van der Waals surface area (Å²) in [5.74, 6) is 0.682. The van der Waals surface area contributed by atoms with Gasteiger partial charge >= 0.3 is 0 Å². The van der Waals surface area contributed by atoms with Crippen molar-refractivity contribution >= 4 is 22.3 Å². The minimum absolute atomic E-state index is 0.682. The van der Waals surface area contributed by atoms with Crippen molar-refractivity contribution in [3.8, 4) is 0 Å². The van der Waals surface area contributed by atoms with Crippen molar-refractivity contribution in [2.45, 2.75) is 12.8 Å². The molecule has 2 aromatic rings. The van der Waals surface area contributed by atoms with Crippen LogP contribution in [0.15, 0.2) is 30.5 Å². The van der Waals surface area contributed by atoms with E-state index in [4.69, 9.17) is 10.5 Å². The van der Waals surface area contributed by atoms with Crippen LogP contribution in [0.3, 0.4) is 0 Å². The van der Waals surface area contributed by atoms with E-state index in [-0.39, 0.29) is 0 Å². The number of nitrogens with two attached hydrogens (primary N) is 1. The SMILES string of the molecule is Nc1cnc2ccccc2c1NCCC1CCOC1. The Labute approximate surface area is 113 Å². The Kier molecular flexibility index (Phi) is 3.51. The third-order valence-electron chi connectivity index (χ3n) is 3.68. The van der Waals surface area contributed by atoms with Gasteiger partial charge in [-0.05, 0) is 24.8 Å². The number of benzene rings is 1. The van der Waals surface area contributed by atoms with E-state index in [0.717, 1.165) is 42.8 Å². The van der Waals surface area contributed by atoms with Crippen molar-refractivity contribution in [1.82, 2.24) is 4.98 Å². The fourth-order valence-electron chi connectivity index (χ4n) is 2.57. The van der Waals surface area contributed by atoms with Gasteiger partial charge < -0.3 is 15.8 Å². The van der Waals surface area contributed by atoms with E-state index in [1.807, 2.05) is 18.2 Å². The van der Waals surface area contributed by atoms with Crippen LogP contribution in [0, 0.1) is 5.92 Å². The summed E-state index contributed by atoms with van der Waals surface area (Å²) in [6.07, 6.45) is 4.02. The average Bonchev–Trinajstić information content (AvgIpc) is 2.94. The topological polar surface area (TPSA) is 60.2 Å². The van der Waals surface area contributed by atoms with E-state index in [0.29, 0.717) is 11.6 Å². The zero-order valence-corrected chi connectivity index (χ0v) is 10.9. The molecule has 3 rings (SSSR count). The van der Waals surface area contributed by atoms with E-state index in [1.54, 1.807) is 6.20 Å². The molecule has 4 heteroatoms. The van der Waals surface area contributed by atoms with Gasteiger partial charge in [-0.25, -0.2) is 0 Å². The first-order valence-electron chi connectivity index (χ1n) is 6.79.